The first kappa shape index (κ1) is 18.3. The van der Waals surface area contributed by atoms with Gasteiger partial charge in [-0.3, -0.25) is 0 Å². The molecule has 3 heteroatoms. The predicted octanol–water partition coefficient (Wildman–Crippen LogP) is 3.87. The summed E-state index contributed by atoms with van der Waals surface area (Å²) in [5.41, 5.74) is 0.522. The van der Waals surface area contributed by atoms with Crippen LogP contribution >= 0.6 is 11.8 Å². The summed E-state index contributed by atoms with van der Waals surface area (Å²) in [6, 6.07) is 0.689. The lowest BCUT2D eigenvalue weighted by atomic mass is 9.73. The van der Waals surface area contributed by atoms with Crippen molar-refractivity contribution in [2.45, 2.75) is 58.9 Å². The number of hydrogen-bond acceptors (Lipinski definition) is 3. The molecule has 20 heavy (non-hydrogen) atoms. The quantitative estimate of drug-likeness (QED) is 0.696. The highest BCUT2D eigenvalue weighted by atomic mass is 32.2. The number of nitrogens with one attached hydrogen (secondary N) is 1. The van der Waals surface area contributed by atoms with Crippen molar-refractivity contribution in [3.63, 3.8) is 0 Å². The summed E-state index contributed by atoms with van der Waals surface area (Å²) in [7, 11) is 2.32. The van der Waals surface area contributed by atoms with Gasteiger partial charge in [0.25, 0.3) is 0 Å². The van der Waals surface area contributed by atoms with Crippen LogP contribution in [-0.4, -0.2) is 49.6 Å². The molecule has 1 fully saturated rings. The molecule has 1 rings (SSSR count). The monoisotopic (exact) mass is 300 g/mol. The van der Waals surface area contributed by atoms with Crippen LogP contribution in [0.15, 0.2) is 0 Å². The SMILES string of the molecule is CSCC(C)N(C)CC1(CNCC(C)C)CCCCC1. The number of nitrogens with zero attached hydrogens (tertiary/aromatic N) is 1. The van der Waals surface area contributed by atoms with Crippen LogP contribution in [0.3, 0.4) is 0 Å². The van der Waals surface area contributed by atoms with E-state index in [2.05, 4.69) is 44.3 Å². The summed E-state index contributed by atoms with van der Waals surface area (Å²) in [4.78, 5) is 2.60. The van der Waals surface area contributed by atoms with Gasteiger partial charge in [0.2, 0.25) is 0 Å². The summed E-state index contributed by atoms with van der Waals surface area (Å²) in [6.45, 7) is 10.6. The minimum absolute atomic E-state index is 0.522. The zero-order chi connectivity index (χ0) is 15.0. The molecular formula is C17H36N2S. The number of hydrogen-bond donors (Lipinski definition) is 1. The molecule has 1 saturated carbocycles. The Morgan fingerprint density at radius 1 is 1.15 bits per heavy atom. The van der Waals surface area contributed by atoms with Crippen molar-refractivity contribution in [3.05, 3.63) is 0 Å². The summed E-state index contributed by atoms with van der Waals surface area (Å²) in [5, 5.41) is 3.74. The summed E-state index contributed by atoms with van der Waals surface area (Å²) in [6.07, 6.45) is 9.33. The van der Waals surface area contributed by atoms with Crippen LogP contribution in [0, 0.1) is 11.3 Å². The molecule has 1 unspecified atom stereocenters. The molecule has 0 heterocycles. The van der Waals surface area contributed by atoms with E-state index in [0.29, 0.717) is 11.5 Å². The Morgan fingerprint density at radius 2 is 1.80 bits per heavy atom. The van der Waals surface area contributed by atoms with Crippen molar-refractivity contribution in [1.82, 2.24) is 10.2 Å². The average molecular weight is 301 g/mol. The zero-order valence-corrected chi connectivity index (χ0v) is 15.2. The maximum Gasteiger partial charge on any atom is 0.0155 e. The maximum atomic E-state index is 3.74. The van der Waals surface area contributed by atoms with Crippen LogP contribution in [0.1, 0.15) is 52.9 Å². The Morgan fingerprint density at radius 3 is 2.35 bits per heavy atom. The Hall–Kier alpha value is 0.270. The van der Waals surface area contributed by atoms with Crippen molar-refractivity contribution >= 4 is 11.8 Å². The molecule has 0 aromatic carbocycles. The van der Waals surface area contributed by atoms with Crippen LogP contribution in [0.5, 0.6) is 0 Å². The van der Waals surface area contributed by atoms with E-state index in [-0.39, 0.29) is 0 Å². The molecule has 0 aromatic heterocycles. The minimum Gasteiger partial charge on any atom is -0.316 e. The van der Waals surface area contributed by atoms with Crippen molar-refractivity contribution < 1.29 is 0 Å². The second-order valence-electron chi connectivity index (χ2n) is 7.30. The molecule has 1 N–H and O–H groups in total. The molecule has 0 aromatic rings. The van der Waals surface area contributed by atoms with Gasteiger partial charge in [-0.15, -0.1) is 0 Å². The van der Waals surface area contributed by atoms with Gasteiger partial charge < -0.3 is 10.2 Å². The Bertz CT molecular complexity index is 249. The van der Waals surface area contributed by atoms with E-state index >= 15 is 0 Å². The highest BCUT2D eigenvalue weighted by Crippen LogP contribution is 2.36. The molecule has 120 valence electrons. The highest BCUT2D eigenvalue weighted by Gasteiger charge is 2.33. The van der Waals surface area contributed by atoms with Gasteiger partial charge in [0.15, 0.2) is 0 Å². The molecule has 2 nitrogen and oxygen atoms in total. The van der Waals surface area contributed by atoms with Crippen molar-refractivity contribution in [1.29, 1.82) is 0 Å². The van der Waals surface area contributed by atoms with Gasteiger partial charge in [0.05, 0.1) is 0 Å². The summed E-state index contributed by atoms with van der Waals surface area (Å²) >= 11 is 1.96. The lowest BCUT2D eigenvalue weighted by Crippen LogP contribution is -2.47. The first-order chi connectivity index (χ1) is 9.49. The van der Waals surface area contributed by atoms with E-state index < -0.39 is 0 Å². The second kappa shape index (κ2) is 9.32. The normalized spacial score (nSPS) is 20.6. The molecule has 0 spiro atoms. The third-order valence-corrected chi connectivity index (χ3v) is 5.53. The third kappa shape index (κ3) is 6.36. The average Bonchev–Trinajstić information content (AvgIpc) is 2.39. The fraction of sp³-hybridized carbons (Fsp3) is 1.00. The molecular weight excluding hydrogens is 264 g/mol. The molecule has 0 amide bonds. The highest BCUT2D eigenvalue weighted by molar-refractivity contribution is 7.98. The first-order valence-electron chi connectivity index (χ1n) is 8.39. The van der Waals surface area contributed by atoms with E-state index in [1.54, 1.807) is 0 Å². The van der Waals surface area contributed by atoms with E-state index in [1.807, 2.05) is 11.8 Å². The lowest BCUT2D eigenvalue weighted by molar-refractivity contribution is 0.102. The van der Waals surface area contributed by atoms with Gasteiger partial charge in [-0.2, -0.15) is 11.8 Å². The molecule has 1 aliphatic rings. The molecule has 0 aliphatic heterocycles. The molecule has 0 bridgehead atoms. The van der Waals surface area contributed by atoms with Crippen LogP contribution in [0.25, 0.3) is 0 Å². The summed E-state index contributed by atoms with van der Waals surface area (Å²) < 4.78 is 0. The topological polar surface area (TPSA) is 15.3 Å². The van der Waals surface area contributed by atoms with Crippen molar-refractivity contribution in [2.24, 2.45) is 11.3 Å². The molecule has 1 aliphatic carbocycles. The van der Waals surface area contributed by atoms with Crippen molar-refractivity contribution in [2.75, 3.05) is 38.7 Å². The Labute approximate surface area is 131 Å². The predicted molar refractivity (Wildman–Crippen MR) is 93.7 cm³/mol. The van der Waals surface area contributed by atoms with Gasteiger partial charge in [-0.1, -0.05) is 33.1 Å². The summed E-state index contributed by atoms with van der Waals surface area (Å²) in [5.74, 6) is 2.00. The first-order valence-corrected chi connectivity index (χ1v) is 9.78. The largest absolute Gasteiger partial charge is 0.316 e. The van der Waals surface area contributed by atoms with Gasteiger partial charge in [0.1, 0.15) is 0 Å². The smallest absolute Gasteiger partial charge is 0.0155 e. The standard InChI is InChI=1S/C17H36N2S/c1-15(2)11-18-13-17(9-7-6-8-10-17)14-19(4)16(3)12-20-5/h15-16,18H,6-14H2,1-5H3. The van der Waals surface area contributed by atoms with Gasteiger partial charge in [-0.05, 0) is 50.9 Å². The molecule has 0 radical (unpaired) electrons. The molecule has 1 atom stereocenters. The number of rotatable bonds is 9. The van der Waals surface area contributed by atoms with E-state index in [4.69, 9.17) is 0 Å². The zero-order valence-electron chi connectivity index (χ0n) is 14.4. The van der Waals surface area contributed by atoms with Crippen molar-refractivity contribution in [3.8, 4) is 0 Å². The van der Waals surface area contributed by atoms with Crippen LogP contribution in [0.4, 0.5) is 0 Å². The fourth-order valence-corrected chi connectivity index (χ4v) is 4.11. The Balaban J connectivity index is 2.53. The van der Waals surface area contributed by atoms with Crippen LogP contribution < -0.4 is 5.32 Å². The lowest BCUT2D eigenvalue weighted by Gasteiger charge is -2.42. The fourth-order valence-electron chi connectivity index (χ4n) is 3.37. The maximum absolute atomic E-state index is 3.74. The van der Waals surface area contributed by atoms with Crippen LogP contribution in [0.2, 0.25) is 0 Å². The van der Waals surface area contributed by atoms with Gasteiger partial charge in [0, 0.05) is 24.9 Å². The third-order valence-electron chi connectivity index (χ3n) is 4.71. The van der Waals surface area contributed by atoms with Crippen LogP contribution in [-0.2, 0) is 0 Å². The minimum atomic E-state index is 0.522. The van der Waals surface area contributed by atoms with Gasteiger partial charge in [-0.25, -0.2) is 0 Å². The van der Waals surface area contributed by atoms with Gasteiger partial charge >= 0.3 is 0 Å². The second-order valence-corrected chi connectivity index (χ2v) is 8.22. The van der Waals surface area contributed by atoms with E-state index in [9.17, 15) is 0 Å². The molecule has 0 saturated heterocycles. The Kier molecular flexibility index (Phi) is 8.54. The van der Waals surface area contributed by atoms with E-state index in [1.165, 1.54) is 50.9 Å². The number of thioether (sulfide) groups is 1. The van der Waals surface area contributed by atoms with E-state index in [0.717, 1.165) is 12.5 Å².